The highest BCUT2D eigenvalue weighted by atomic mass is 16.5. The molecule has 2 aromatic rings. The van der Waals surface area contributed by atoms with Gasteiger partial charge in [0, 0.05) is 12.6 Å². The molecule has 6 heteroatoms. The molecule has 6 nitrogen and oxygen atoms in total. The molecule has 23 heavy (non-hydrogen) atoms. The van der Waals surface area contributed by atoms with Crippen LogP contribution in [0.4, 0.5) is 0 Å². The molecule has 0 spiro atoms. The Morgan fingerprint density at radius 3 is 2.96 bits per heavy atom. The molecule has 0 aliphatic rings. The van der Waals surface area contributed by atoms with Crippen LogP contribution in [0.2, 0.25) is 0 Å². The lowest BCUT2D eigenvalue weighted by Crippen LogP contribution is -2.29. The summed E-state index contributed by atoms with van der Waals surface area (Å²) in [4.78, 5) is 12.0. The number of rotatable bonds is 6. The Kier molecular flexibility index (Phi) is 5.56. The Morgan fingerprint density at radius 1 is 1.48 bits per heavy atom. The summed E-state index contributed by atoms with van der Waals surface area (Å²) >= 11 is 0. The van der Waals surface area contributed by atoms with Gasteiger partial charge in [0.2, 0.25) is 0 Å². The molecule has 1 aromatic carbocycles. The molecule has 1 unspecified atom stereocenters. The minimum Gasteiger partial charge on any atom is -0.497 e. The van der Waals surface area contributed by atoms with Gasteiger partial charge in [0.25, 0.3) is 5.91 Å². The number of nitrogens with one attached hydrogen (secondary N) is 1. The highest BCUT2D eigenvalue weighted by Gasteiger charge is 2.13. The molecule has 118 valence electrons. The third-order valence-corrected chi connectivity index (χ3v) is 3.13. The van der Waals surface area contributed by atoms with Gasteiger partial charge in [-0.15, -0.1) is 0 Å². The first-order valence-corrected chi connectivity index (χ1v) is 6.89. The van der Waals surface area contributed by atoms with Gasteiger partial charge in [0.15, 0.2) is 0 Å². The maximum absolute atomic E-state index is 12.0. The first-order chi connectivity index (χ1) is 11.1. The van der Waals surface area contributed by atoms with E-state index in [1.807, 2.05) is 6.07 Å². The van der Waals surface area contributed by atoms with Crippen LogP contribution in [0.3, 0.4) is 0 Å². The van der Waals surface area contributed by atoms with Crippen molar-refractivity contribution in [1.82, 2.24) is 5.32 Å². The summed E-state index contributed by atoms with van der Waals surface area (Å²) in [6, 6.07) is 12.0. The Morgan fingerprint density at radius 2 is 2.30 bits per heavy atom. The van der Waals surface area contributed by atoms with Crippen LogP contribution < -0.4 is 10.1 Å². The van der Waals surface area contributed by atoms with Gasteiger partial charge >= 0.3 is 0 Å². The molecule has 1 heterocycles. The third-order valence-electron chi connectivity index (χ3n) is 3.13. The van der Waals surface area contributed by atoms with Gasteiger partial charge in [0.1, 0.15) is 23.2 Å². The minimum atomic E-state index is -0.905. The number of aliphatic hydroxyl groups excluding tert-OH is 1. The predicted molar refractivity (Wildman–Crippen MR) is 83.3 cm³/mol. The number of methoxy groups -OCH3 is 1. The molecule has 0 aliphatic carbocycles. The molecule has 0 fully saturated rings. The molecule has 0 radical (unpaired) electrons. The number of nitriles is 1. The fourth-order valence-corrected chi connectivity index (χ4v) is 1.92. The Labute approximate surface area is 133 Å². The van der Waals surface area contributed by atoms with Crippen LogP contribution in [0, 0.1) is 11.3 Å². The zero-order chi connectivity index (χ0) is 16.7. The van der Waals surface area contributed by atoms with Crippen molar-refractivity contribution in [2.24, 2.45) is 0 Å². The Balaban J connectivity index is 1.99. The highest BCUT2D eigenvalue weighted by Crippen LogP contribution is 2.18. The quantitative estimate of drug-likeness (QED) is 0.628. The lowest BCUT2D eigenvalue weighted by Gasteiger charge is -2.13. The fraction of sp³-hybridized carbons (Fsp3) is 0.176. The number of aliphatic hydroxyl groups is 1. The summed E-state index contributed by atoms with van der Waals surface area (Å²) < 4.78 is 10.1. The summed E-state index contributed by atoms with van der Waals surface area (Å²) in [5, 5.41) is 21.7. The molecule has 2 N–H and O–H groups in total. The molecular weight excluding hydrogens is 296 g/mol. The maximum atomic E-state index is 12.0. The van der Waals surface area contributed by atoms with Crippen molar-refractivity contribution in [1.29, 1.82) is 5.26 Å². The number of benzene rings is 1. The second kappa shape index (κ2) is 7.82. The van der Waals surface area contributed by atoms with Crippen LogP contribution in [-0.2, 0) is 4.79 Å². The van der Waals surface area contributed by atoms with E-state index in [1.165, 1.54) is 19.4 Å². The van der Waals surface area contributed by atoms with Gasteiger partial charge in [-0.05, 0) is 29.8 Å². The number of carbonyl (C=O) groups excluding carboxylic acids is 1. The number of carbonyl (C=O) groups is 1. The molecule has 0 saturated carbocycles. The van der Waals surface area contributed by atoms with E-state index in [0.29, 0.717) is 17.1 Å². The zero-order valence-electron chi connectivity index (χ0n) is 12.5. The fourth-order valence-electron chi connectivity index (χ4n) is 1.92. The van der Waals surface area contributed by atoms with Crippen molar-refractivity contribution >= 4 is 12.0 Å². The summed E-state index contributed by atoms with van der Waals surface area (Å²) in [6.07, 6.45) is 1.89. The van der Waals surface area contributed by atoms with Crippen molar-refractivity contribution in [2.45, 2.75) is 6.10 Å². The number of furan rings is 1. The standard InChI is InChI=1S/C17H16N2O4/c1-22-14-5-2-4-12(8-14)16(20)11-19-17(21)13(10-18)9-15-6-3-7-23-15/h2-9,16,20H,11H2,1H3,(H,19,21)/b13-9+. The van der Waals surface area contributed by atoms with E-state index in [1.54, 1.807) is 36.4 Å². The van der Waals surface area contributed by atoms with E-state index in [9.17, 15) is 9.90 Å². The van der Waals surface area contributed by atoms with E-state index in [2.05, 4.69) is 5.32 Å². The molecular formula is C17H16N2O4. The number of ether oxygens (including phenoxy) is 1. The molecule has 2 rings (SSSR count). The summed E-state index contributed by atoms with van der Waals surface area (Å²) in [6.45, 7) is -0.0246. The predicted octanol–water partition coefficient (Wildman–Crippen LogP) is 2.04. The second-order valence-electron chi connectivity index (χ2n) is 4.69. The molecule has 1 amide bonds. The van der Waals surface area contributed by atoms with E-state index >= 15 is 0 Å². The van der Waals surface area contributed by atoms with E-state index in [0.717, 1.165) is 0 Å². The van der Waals surface area contributed by atoms with Gasteiger partial charge in [-0.25, -0.2) is 0 Å². The topological polar surface area (TPSA) is 95.5 Å². The van der Waals surface area contributed by atoms with Crippen molar-refractivity contribution < 1.29 is 19.1 Å². The van der Waals surface area contributed by atoms with Gasteiger partial charge < -0.3 is 19.6 Å². The van der Waals surface area contributed by atoms with Gasteiger partial charge in [0.05, 0.1) is 19.5 Å². The first-order valence-electron chi connectivity index (χ1n) is 6.89. The molecule has 0 bridgehead atoms. The Bertz CT molecular complexity index is 729. The van der Waals surface area contributed by atoms with Gasteiger partial charge in [-0.2, -0.15) is 5.26 Å². The van der Waals surface area contributed by atoms with Gasteiger partial charge in [-0.1, -0.05) is 12.1 Å². The summed E-state index contributed by atoms with van der Waals surface area (Å²) in [7, 11) is 1.53. The normalized spacial score (nSPS) is 12.3. The lowest BCUT2D eigenvalue weighted by atomic mass is 10.1. The number of nitrogens with zero attached hydrogens (tertiary/aromatic N) is 1. The largest absolute Gasteiger partial charge is 0.497 e. The molecule has 0 aliphatic heterocycles. The molecule has 1 aromatic heterocycles. The summed E-state index contributed by atoms with van der Waals surface area (Å²) in [5.41, 5.74) is 0.510. The van der Waals surface area contributed by atoms with Crippen LogP contribution in [0.5, 0.6) is 5.75 Å². The van der Waals surface area contributed by atoms with E-state index in [-0.39, 0.29) is 12.1 Å². The van der Waals surface area contributed by atoms with Crippen LogP contribution in [-0.4, -0.2) is 24.7 Å². The van der Waals surface area contributed by atoms with Crippen LogP contribution in [0.15, 0.2) is 52.7 Å². The smallest absolute Gasteiger partial charge is 0.262 e. The molecule has 1 atom stereocenters. The lowest BCUT2D eigenvalue weighted by molar-refractivity contribution is -0.117. The van der Waals surface area contributed by atoms with Crippen molar-refractivity contribution in [2.75, 3.05) is 13.7 Å². The van der Waals surface area contributed by atoms with Crippen molar-refractivity contribution in [3.63, 3.8) is 0 Å². The average molecular weight is 312 g/mol. The highest BCUT2D eigenvalue weighted by molar-refractivity contribution is 6.01. The van der Waals surface area contributed by atoms with E-state index in [4.69, 9.17) is 14.4 Å². The monoisotopic (exact) mass is 312 g/mol. The van der Waals surface area contributed by atoms with Crippen LogP contribution in [0.25, 0.3) is 6.08 Å². The SMILES string of the molecule is COc1cccc(C(O)CNC(=O)/C(C#N)=C/c2ccco2)c1. The zero-order valence-corrected chi connectivity index (χ0v) is 12.5. The van der Waals surface area contributed by atoms with Crippen LogP contribution in [0.1, 0.15) is 17.4 Å². The average Bonchev–Trinajstić information content (AvgIpc) is 3.10. The number of hydrogen-bond donors (Lipinski definition) is 2. The van der Waals surface area contributed by atoms with Gasteiger partial charge in [-0.3, -0.25) is 4.79 Å². The van der Waals surface area contributed by atoms with E-state index < -0.39 is 12.0 Å². The molecule has 0 saturated heterocycles. The Hall–Kier alpha value is -3.04. The van der Waals surface area contributed by atoms with Crippen molar-refractivity contribution in [3.05, 3.63) is 59.6 Å². The minimum absolute atomic E-state index is 0.0246. The first kappa shape index (κ1) is 16.3. The van der Waals surface area contributed by atoms with Crippen molar-refractivity contribution in [3.8, 4) is 11.8 Å². The number of amides is 1. The number of hydrogen-bond acceptors (Lipinski definition) is 5. The maximum Gasteiger partial charge on any atom is 0.262 e. The summed E-state index contributed by atoms with van der Waals surface area (Å²) in [5.74, 6) is 0.444. The third kappa shape index (κ3) is 4.46. The second-order valence-corrected chi connectivity index (χ2v) is 4.69. The van der Waals surface area contributed by atoms with Crippen LogP contribution >= 0.6 is 0 Å².